The van der Waals surface area contributed by atoms with Crippen LogP contribution in [0.3, 0.4) is 0 Å². The van der Waals surface area contributed by atoms with Crippen LogP contribution in [0, 0.1) is 5.92 Å². The van der Waals surface area contributed by atoms with E-state index >= 15 is 0 Å². The van der Waals surface area contributed by atoms with E-state index in [0.717, 1.165) is 5.56 Å². The highest BCUT2D eigenvalue weighted by molar-refractivity contribution is 5.94. The van der Waals surface area contributed by atoms with E-state index in [0.29, 0.717) is 12.8 Å². The van der Waals surface area contributed by atoms with Gasteiger partial charge >= 0.3 is 5.97 Å². The van der Waals surface area contributed by atoms with Gasteiger partial charge < -0.3 is 21.1 Å². The minimum Gasteiger partial charge on any atom is -0.480 e. The molecule has 2 rings (SSSR count). The van der Waals surface area contributed by atoms with Crippen molar-refractivity contribution < 1.29 is 24.3 Å². The Balaban J connectivity index is 2.04. The van der Waals surface area contributed by atoms with E-state index in [-0.39, 0.29) is 24.7 Å². The summed E-state index contributed by atoms with van der Waals surface area (Å²) in [7, 11) is 0. The van der Waals surface area contributed by atoms with E-state index in [1.165, 1.54) is 0 Å². The number of hydrogen-bond acceptors (Lipinski definition) is 4. The van der Waals surface area contributed by atoms with Crippen molar-refractivity contribution in [3.8, 4) is 0 Å². The first-order chi connectivity index (χ1) is 13.3. The molecular formula is C20H27N3O5. The summed E-state index contributed by atoms with van der Waals surface area (Å²) >= 11 is 0. The summed E-state index contributed by atoms with van der Waals surface area (Å²) in [4.78, 5) is 48.0. The van der Waals surface area contributed by atoms with Gasteiger partial charge in [0.2, 0.25) is 17.7 Å². The van der Waals surface area contributed by atoms with Crippen molar-refractivity contribution in [3.63, 3.8) is 0 Å². The van der Waals surface area contributed by atoms with Gasteiger partial charge in [0.05, 0.1) is 0 Å². The molecule has 3 atom stereocenters. The molecule has 1 saturated heterocycles. The van der Waals surface area contributed by atoms with Crippen LogP contribution in [0.1, 0.15) is 38.7 Å². The second-order valence-corrected chi connectivity index (χ2v) is 7.44. The number of carbonyl (C=O) groups excluding carboxylic acids is 3. The topological polar surface area (TPSA) is 125 Å². The van der Waals surface area contributed by atoms with Gasteiger partial charge in [-0.2, -0.15) is 0 Å². The average Bonchev–Trinajstić information content (AvgIpc) is 3.07. The lowest BCUT2D eigenvalue weighted by molar-refractivity contribution is -0.142. The van der Waals surface area contributed by atoms with Gasteiger partial charge in [0, 0.05) is 12.8 Å². The summed E-state index contributed by atoms with van der Waals surface area (Å²) in [5.74, 6) is -2.21. The lowest BCUT2D eigenvalue weighted by Gasteiger charge is -2.24. The molecule has 28 heavy (non-hydrogen) atoms. The normalized spacial score (nSPS) is 18.2. The molecule has 0 bridgehead atoms. The van der Waals surface area contributed by atoms with E-state index < -0.39 is 35.9 Å². The highest BCUT2D eigenvalue weighted by Crippen LogP contribution is 2.11. The molecule has 0 saturated carbocycles. The molecule has 0 spiro atoms. The van der Waals surface area contributed by atoms with Crippen LogP contribution in [0.5, 0.6) is 0 Å². The van der Waals surface area contributed by atoms with Crippen molar-refractivity contribution >= 4 is 23.7 Å². The van der Waals surface area contributed by atoms with Crippen LogP contribution in [0.15, 0.2) is 30.3 Å². The summed E-state index contributed by atoms with van der Waals surface area (Å²) in [6.07, 6.45) is 1.16. The van der Waals surface area contributed by atoms with E-state index in [4.69, 9.17) is 0 Å². The van der Waals surface area contributed by atoms with Crippen molar-refractivity contribution in [2.24, 2.45) is 5.92 Å². The van der Waals surface area contributed by atoms with Crippen LogP contribution in [-0.4, -0.2) is 46.9 Å². The Morgan fingerprint density at radius 3 is 2.36 bits per heavy atom. The summed E-state index contributed by atoms with van der Waals surface area (Å²) in [6.45, 7) is 3.81. The van der Waals surface area contributed by atoms with E-state index in [9.17, 15) is 24.3 Å². The largest absolute Gasteiger partial charge is 0.480 e. The molecule has 8 heteroatoms. The molecule has 3 amide bonds. The van der Waals surface area contributed by atoms with Gasteiger partial charge in [-0.1, -0.05) is 44.2 Å². The van der Waals surface area contributed by atoms with Crippen molar-refractivity contribution in [3.05, 3.63) is 35.9 Å². The fourth-order valence-electron chi connectivity index (χ4n) is 3.11. The third-order valence-corrected chi connectivity index (χ3v) is 4.55. The quantitative estimate of drug-likeness (QED) is 0.492. The standard InChI is InChI=1S/C20H27N3O5/c1-12(2)10-15(22-18(25)14-8-9-17(24)21-14)19(26)23-16(20(27)28)11-13-6-4-3-5-7-13/h3-7,12,14-16H,8-11H2,1-2H3,(H,21,24)(H,22,25)(H,23,26)(H,27,28)/t14-,15-,16-/m0/s1. The SMILES string of the molecule is CC(C)C[C@H](NC(=O)[C@@H]1CCC(=O)N1)C(=O)N[C@@H](Cc1ccccc1)C(=O)O. The Kier molecular flexibility index (Phi) is 7.54. The molecule has 0 aromatic heterocycles. The lowest BCUT2D eigenvalue weighted by atomic mass is 10.0. The molecule has 0 radical (unpaired) electrons. The zero-order valence-electron chi connectivity index (χ0n) is 16.1. The maximum Gasteiger partial charge on any atom is 0.326 e. The molecule has 1 fully saturated rings. The first-order valence-corrected chi connectivity index (χ1v) is 9.43. The van der Waals surface area contributed by atoms with Crippen molar-refractivity contribution in [1.29, 1.82) is 0 Å². The molecule has 0 aliphatic carbocycles. The first kappa shape index (κ1) is 21.4. The zero-order chi connectivity index (χ0) is 20.7. The maximum absolute atomic E-state index is 12.7. The number of carbonyl (C=O) groups is 4. The minimum absolute atomic E-state index is 0.103. The fraction of sp³-hybridized carbons (Fsp3) is 0.500. The Morgan fingerprint density at radius 1 is 1.14 bits per heavy atom. The molecule has 1 aromatic carbocycles. The van der Waals surface area contributed by atoms with Gasteiger partial charge in [0.25, 0.3) is 0 Å². The fourth-order valence-corrected chi connectivity index (χ4v) is 3.11. The van der Waals surface area contributed by atoms with Crippen LogP contribution in [0.4, 0.5) is 0 Å². The van der Waals surface area contributed by atoms with Crippen molar-refractivity contribution in [2.75, 3.05) is 0 Å². The highest BCUT2D eigenvalue weighted by Gasteiger charge is 2.32. The van der Waals surface area contributed by atoms with Gasteiger partial charge in [-0.15, -0.1) is 0 Å². The number of nitrogens with one attached hydrogen (secondary N) is 3. The Hall–Kier alpha value is -2.90. The lowest BCUT2D eigenvalue weighted by Crippen LogP contribution is -2.55. The third-order valence-electron chi connectivity index (χ3n) is 4.55. The zero-order valence-corrected chi connectivity index (χ0v) is 16.1. The number of amides is 3. The van der Waals surface area contributed by atoms with E-state index in [1.54, 1.807) is 24.3 Å². The molecule has 1 aromatic rings. The number of rotatable bonds is 9. The first-order valence-electron chi connectivity index (χ1n) is 9.43. The molecule has 1 aliphatic rings. The van der Waals surface area contributed by atoms with E-state index in [1.807, 2.05) is 19.9 Å². The van der Waals surface area contributed by atoms with Gasteiger partial charge in [-0.3, -0.25) is 14.4 Å². The summed E-state index contributed by atoms with van der Waals surface area (Å²) < 4.78 is 0. The number of benzene rings is 1. The molecule has 0 unspecified atom stereocenters. The highest BCUT2D eigenvalue weighted by atomic mass is 16.4. The van der Waals surface area contributed by atoms with Gasteiger partial charge in [0.1, 0.15) is 18.1 Å². The summed E-state index contributed by atoms with van der Waals surface area (Å²) in [5.41, 5.74) is 0.785. The predicted molar refractivity (Wildman–Crippen MR) is 102 cm³/mol. The number of hydrogen-bond donors (Lipinski definition) is 4. The van der Waals surface area contributed by atoms with Gasteiger partial charge in [-0.05, 0) is 24.3 Å². The van der Waals surface area contributed by atoms with Crippen molar-refractivity contribution in [2.45, 2.75) is 57.7 Å². The van der Waals surface area contributed by atoms with Gasteiger partial charge in [-0.25, -0.2) is 4.79 Å². The predicted octanol–water partition coefficient (Wildman–Crippen LogP) is 0.608. The number of carboxylic acids is 1. The Bertz CT molecular complexity index is 720. The van der Waals surface area contributed by atoms with Crippen LogP contribution < -0.4 is 16.0 Å². The smallest absolute Gasteiger partial charge is 0.326 e. The summed E-state index contributed by atoms with van der Waals surface area (Å²) in [5, 5.41) is 17.2. The van der Waals surface area contributed by atoms with Crippen LogP contribution in [0.2, 0.25) is 0 Å². The Morgan fingerprint density at radius 2 is 1.82 bits per heavy atom. The molecule has 1 aliphatic heterocycles. The molecule has 152 valence electrons. The third kappa shape index (κ3) is 6.37. The molecular weight excluding hydrogens is 362 g/mol. The molecule has 1 heterocycles. The maximum atomic E-state index is 12.7. The minimum atomic E-state index is -1.14. The number of aliphatic carboxylic acids is 1. The second kappa shape index (κ2) is 9.87. The van der Waals surface area contributed by atoms with Crippen LogP contribution in [-0.2, 0) is 25.6 Å². The Labute approximate surface area is 164 Å². The number of carboxylic acid groups (broad SMARTS) is 1. The van der Waals surface area contributed by atoms with Crippen LogP contribution >= 0.6 is 0 Å². The molecule has 4 N–H and O–H groups in total. The van der Waals surface area contributed by atoms with Crippen LogP contribution in [0.25, 0.3) is 0 Å². The van der Waals surface area contributed by atoms with Gasteiger partial charge in [0.15, 0.2) is 0 Å². The second-order valence-electron chi connectivity index (χ2n) is 7.44. The van der Waals surface area contributed by atoms with Crippen molar-refractivity contribution in [1.82, 2.24) is 16.0 Å². The monoisotopic (exact) mass is 389 g/mol. The van der Waals surface area contributed by atoms with E-state index in [2.05, 4.69) is 16.0 Å². The molecule has 8 nitrogen and oxygen atoms in total. The summed E-state index contributed by atoms with van der Waals surface area (Å²) in [6, 6.07) is 6.37. The average molecular weight is 389 g/mol.